The number of hydrogen-bond acceptors (Lipinski definition) is 3. The van der Waals surface area contributed by atoms with E-state index in [4.69, 9.17) is 16.3 Å². The summed E-state index contributed by atoms with van der Waals surface area (Å²) >= 11 is 6.48. The van der Waals surface area contributed by atoms with Gasteiger partial charge in [-0.15, -0.1) is 0 Å². The molecule has 0 atom stereocenters. The van der Waals surface area contributed by atoms with E-state index in [-0.39, 0.29) is 5.97 Å². The molecular formula is C25H29ClN2O2. The maximum absolute atomic E-state index is 12.0. The van der Waals surface area contributed by atoms with Crippen LogP contribution in [-0.4, -0.2) is 37.1 Å². The topological polar surface area (TPSA) is 45.3 Å². The van der Waals surface area contributed by atoms with E-state index < -0.39 is 0 Å². The number of aromatic nitrogens is 1. The first-order valence-corrected chi connectivity index (χ1v) is 11.0. The Balaban J connectivity index is 1.88. The summed E-state index contributed by atoms with van der Waals surface area (Å²) in [4.78, 5) is 17.8. The number of methoxy groups -OCH3 is 1. The monoisotopic (exact) mass is 424 g/mol. The number of nitrogens with zero attached hydrogens (tertiary/aromatic N) is 1. The van der Waals surface area contributed by atoms with E-state index in [1.807, 2.05) is 32.3 Å². The van der Waals surface area contributed by atoms with E-state index in [9.17, 15) is 4.79 Å². The number of ether oxygens (including phenoxy) is 1. The molecule has 1 aliphatic rings. The lowest BCUT2D eigenvalue weighted by atomic mass is 9.81. The number of aromatic amines is 1. The zero-order chi connectivity index (χ0) is 21.3. The Morgan fingerprint density at radius 3 is 2.60 bits per heavy atom. The number of H-pyrrole nitrogens is 1. The molecule has 0 saturated heterocycles. The SMILES string of the molecule is COC(=O)c1ccc2c(C3CCCCC3)c(-c3ccc(Cl)c(CN(C)C)c3)[nH]c2c1. The van der Waals surface area contributed by atoms with E-state index in [0.29, 0.717) is 11.5 Å². The molecule has 0 unspecified atom stereocenters. The molecule has 1 N–H and O–H groups in total. The average molecular weight is 425 g/mol. The first-order valence-electron chi connectivity index (χ1n) is 10.7. The van der Waals surface area contributed by atoms with Gasteiger partial charge in [-0.25, -0.2) is 4.79 Å². The summed E-state index contributed by atoms with van der Waals surface area (Å²) in [5.41, 5.74) is 6.33. The lowest BCUT2D eigenvalue weighted by Crippen LogP contribution is -2.11. The van der Waals surface area contributed by atoms with Crippen LogP contribution in [0.15, 0.2) is 36.4 Å². The zero-order valence-electron chi connectivity index (χ0n) is 17.9. The van der Waals surface area contributed by atoms with Crippen LogP contribution >= 0.6 is 11.6 Å². The molecular weight excluding hydrogens is 396 g/mol. The van der Waals surface area contributed by atoms with Gasteiger partial charge >= 0.3 is 5.97 Å². The average Bonchev–Trinajstić information content (AvgIpc) is 3.13. The van der Waals surface area contributed by atoms with E-state index in [2.05, 4.69) is 28.1 Å². The molecule has 1 heterocycles. The third-order valence-electron chi connectivity index (χ3n) is 6.09. The van der Waals surface area contributed by atoms with Crippen LogP contribution in [0.4, 0.5) is 0 Å². The highest BCUT2D eigenvalue weighted by atomic mass is 35.5. The van der Waals surface area contributed by atoms with Gasteiger partial charge in [0, 0.05) is 28.2 Å². The molecule has 0 radical (unpaired) electrons. The van der Waals surface area contributed by atoms with Crippen molar-refractivity contribution in [2.45, 2.75) is 44.6 Å². The van der Waals surface area contributed by atoms with Crippen LogP contribution in [0.2, 0.25) is 5.02 Å². The fourth-order valence-electron chi connectivity index (χ4n) is 4.70. The van der Waals surface area contributed by atoms with Crippen LogP contribution in [-0.2, 0) is 11.3 Å². The van der Waals surface area contributed by atoms with Gasteiger partial charge in [-0.3, -0.25) is 0 Å². The van der Waals surface area contributed by atoms with Crippen molar-refractivity contribution in [2.24, 2.45) is 0 Å². The van der Waals surface area contributed by atoms with Crippen molar-refractivity contribution in [1.29, 1.82) is 0 Å². The molecule has 1 aromatic heterocycles. The second kappa shape index (κ2) is 8.83. The Morgan fingerprint density at radius 1 is 1.13 bits per heavy atom. The first-order chi connectivity index (χ1) is 14.5. The van der Waals surface area contributed by atoms with Gasteiger partial charge in [-0.1, -0.05) is 43.0 Å². The molecule has 2 aromatic carbocycles. The number of halogens is 1. The number of hydrogen-bond donors (Lipinski definition) is 1. The predicted octanol–water partition coefficient (Wildman–Crippen LogP) is 6.38. The summed E-state index contributed by atoms with van der Waals surface area (Å²) < 4.78 is 4.92. The van der Waals surface area contributed by atoms with Crippen LogP contribution < -0.4 is 0 Å². The van der Waals surface area contributed by atoms with Crippen LogP contribution in [0.5, 0.6) is 0 Å². The van der Waals surface area contributed by atoms with Crippen molar-refractivity contribution in [3.8, 4) is 11.3 Å². The minimum Gasteiger partial charge on any atom is -0.465 e. The first kappa shape index (κ1) is 21.0. The van der Waals surface area contributed by atoms with Crippen LogP contribution in [0.3, 0.4) is 0 Å². The van der Waals surface area contributed by atoms with Gasteiger partial charge < -0.3 is 14.6 Å². The molecule has 158 valence electrons. The standard InChI is InChI=1S/C25H29ClN2O2/c1-28(2)15-19-13-17(10-12-21(19)26)24-23(16-7-5-4-6-8-16)20-11-9-18(25(29)30-3)14-22(20)27-24/h9-14,16,27H,4-8,15H2,1-3H3. The van der Waals surface area contributed by atoms with Crippen molar-refractivity contribution in [3.05, 3.63) is 58.1 Å². The number of carbonyl (C=O) groups is 1. The molecule has 0 amide bonds. The molecule has 4 rings (SSSR count). The maximum atomic E-state index is 12.0. The van der Waals surface area contributed by atoms with Gasteiger partial charge in [0.2, 0.25) is 0 Å². The zero-order valence-corrected chi connectivity index (χ0v) is 18.7. The largest absolute Gasteiger partial charge is 0.465 e. The molecule has 4 nitrogen and oxygen atoms in total. The molecule has 1 aliphatic carbocycles. The number of benzene rings is 2. The Kier molecular flexibility index (Phi) is 6.16. The Hall–Kier alpha value is -2.30. The lowest BCUT2D eigenvalue weighted by molar-refractivity contribution is 0.0601. The summed E-state index contributed by atoms with van der Waals surface area (Å²) in [5.74, 6) is 0.214. The third-order valence-corrected chi connectivity index (χ3v) is 6.46. The highest BCUT2D eigenvalue weighted by Crippen LogP contribution is 2.43. The summed E-state index contributed by atoms with van der Waals surface area (Å²) in [6, 6.07) is 12.1. The van der Waals surface area contributed by atoms with Crippen LogP contribution in [0.1, 0.15) is 59.5 Å². The molecule has 0 aliphatic heterocycles. The summed E-state index contributed by atoms with van der Waals surface area (Å²) in [6.45, 7) is 0.790. The second-order valence-corrected chi connectivity index (χ2v) is 8.95. The number of esters is 1. The van der Waals surface area contributed by atoms with Crippen LogP contribution in [0.25, 0.3) is 22.2 Å². The van der Waals surface area contributed by atoms with Crippen LogP contribution in [0, 0.1) is 0 Å². The van der Waals surface area contributed by atoms with Gasteiger partial charge in [-0.2, -0.15) is 0 Å². The minimum atomic E-state index is -0.313. The number of nitrogens with one attached hydrogen (secondary N) is 1. The Labute approximate surface area is 183 Å². The van der Waals surface area contributed by atoms with Gasteiger partial charge in [0.25, 0.3) is 0 Å². The normalized spacial score (nSPS) is 15.1. The van der Waals surface area contributed by atoms with Crippen molar-refractivity contribution in [2.75, 3.05) is 21.2 Å². The highest BCUT2D eigenvalue weighted by molar-refractivity contribution is 6.31. The maximum Gasteiger partial charge on any atom is 0.337 e. The van der Waals surface area contributed by atoms with E-state index >= 15 is 0 Å². The molecule has 5 heteroatoms. The van der Waals surface area contributed by atoms with E-state index in [0.717, 1.165) is 33.9 Å². The number of rotatable bonds is 5. The summed E-state index contributed by atoms with van der Waals surface area (Å²) in [7, 11) is 5.52. The number of fused-ring (bicyclic) bond motifs is 1. The van der Waals surface area contributed by atoms with Crippen molar-refractivity contribution < 1.29 is 9.53 Å². The lowest BCUT2D eigenvalue weighted by Gasteiger charge is -2.23. The molecule has 3 aromatic rings. The summed E-state index contributed by atoms with van der Waals surface area (Å²) in [6.07, 6.45) is 6.26. The molecule has 30 heavy (non-hydrogen) atoms. The van der Waals surface area contributed by atoms with E-state index in [1.54, 1.807) is 0 Å². The predicted molar refractivity (Wildman–Crippen MR) is 123 cm³/mol. The number of carbonyl (C=O) groups excluding carboxylic acids is 1. The fourth-order valence-corrected chi connectivity index (χ4v) is 4.88. The van der Waals surface area contributed by atoms with Gasteiger partial charge in [0.05, 0.1) is 12.7 Å². The van der Waals surface area contributed by atoms with Gasteiger partial charge in [0.1, 0.15) is 0 Å². The minimum absolute atomic E-state index is 0.313. The Morgan fingerprint density at radius 2 is 1.90 bits per heavy atom. The molecule has 0 spiro atoms. The summed E-state index contributed by atoms with van der Waals surface area (Å²) in [5, 5.41) is 1.99. The van der Waals surface area contributed by atoms with Crippen molar-refractivity contribution >= 4 is 28.5 Å². The second-order valence-electron chi connectivity index (χ2n) is 8.54. The Bertz CT molecular complexity index is 1060. The fraction of sp³-hybridized carbons (Fsp3) is 0.400. The molecule has 0 bridgehead atoms. The molecule has 1 saturated carbocycles. The third kappa shape index (κ3) is 4.12. The van der Waals surface area contributed by atoms with E-state index in [1.165, 1.54) is 50.2 Å². The van der Waals surface area contributed by atoms with Gasteiger partial charge in [0.15, 0.2) is 0 Å². The van der Waals surface area contributed by atoms with Gasteiger partial charge in [-0.05, 0) is 73.8 Å². The smallest absolute Gasteiger partial charge is 0.337 e. The highest BCUT2D eigenvalue weighted by Gasteiger charge is 2.24. The van der Waals surface area contributed by atoms with Crippen molar-refractivity contribution in [3.63, 3.8) is 0 Å². The molecule has 1 fully saturated rings. The van der Waals surface area contributed by atoms with Crippen molar-refractivity contribution in [1.82, 2.24) is 9.88 Å². The quantitative estimate of drug-likeness (QED) is 0.483.